The van der Waals surface area contributed by atoms with Crippen LogP contribution in [0.25, 0.3) is 44.5 Å². The molecule has 0 aliphatic carbocycles. The lowest BCUT2D eigenvalue weighted by molar-refractivity contribution is -0.142. The SMILES string of the molecule is C[C@H](CC(=O)[C@@H]1Cc2ccc(O)c(c2)-c2cc(ccc2O)[C@H](N(C)C(=O)[C@H](CCCCN)CC(=O)c2ccc(-c3ccc(Cl)cc3)cc2)C(=O)C[C@@H](C)C(=O)N1)C(=O)/C=C/C1=NCC=C1.C[C@H](CC(=O)[C@@H]1Cc2ccc(O)c(c2)-c2cc(ccc2O)[C@H](N(C)C(=O)[C@H](CCCCN)CC(=O)c2ccc(-c3ccc(Cl)cc3)cc2)C(=O)C[C@@H](C)C(=O)N1)C(=O)CCC1=NCC=C1. The molecule has 0 saturated heterocycles. The first-order chi connectivity index (χ1) is 62.2. The van der Waals surface area contributed by atoms with E-state index in [1.165, 1.54) is 78.5 Å². The zero-order valence-corrected chi connectivity index (χ0v) is 75.4. The van der Waals surface area contributed by atoms with E-state index in [0.29, 0.717) is 120 Å². The number of nitrogens with two attached hydrogens (primary N) is 2. The van der Waals surface area contributed by atoms with E-state index in [9.17, 15) is 78.0 Å². The van der Waals surface area contributed by atoms with Crippen molar-refractivity contribution in [3.05, 3.63) is 250 Å². The van der Waals surface area contributed by atoms with Gasteiger partial charge in [0.05, 0.1) is 30.9 Å². The summed E-state index contributed by atoms with van der Waals surface area (Å²) in [7, 11) is 2.97. The number of hydrogen-bond donors (Lipinski definition) is 8. The molecule has 0 fully saturated rings. The third-order valence-corrected chi connectivity index (χ3v) is 25.0. The predicted octanol–water partition coefficient (Wildman–Crippen LogP) is 16.2. The fraction of sp³-hybridized carbons (Fsp3) is 0.346. The normalized spacial score (nSPS) is 18.3. The predicted molar refractivity (Wildman–Crippen MR) is 504 cm³/mol. The minimum atomic E-state index is -1.28. The van der Waals surface area contributed by atoms with E-state index in [1.807, 2.05) is 66.8 Å². The van der Waals surface area contributed by atoms with Gasteiger partial charge < -0.3 is 52.3 Å². The van der Waals surface area contributed by atoms with Crippen molar-refractivity contribution in [1.82, 2.24) is 20.4 Å². The smallest absolute Gasteiger partial charge is 0.226 e. The number of aliphatic imine (C=N–C) groups is 2. The van der Waals surface area contributed by atoms with Crippen LogP contribution in [0.1, 0.15) is 173 Å². The van der Waals surface area contributed by atoms with E-state index in [0.717, 1.165) is 28.0 Å². The number of nitrogens with one attached hydrogen (secondary N) is 2. The number of carbonyl (C=O) groups excluding carboxylic acids is 12. The number of ketones is 8. The Bertz CT molecular complexity index is 5710. The fourth-order valence-corrected chi connectivity index (χ4v) is 17.0. The van der Waals surface area contributed by atoms with Crippen LogP contribution in [-0.4, -0.2) is 164 Å². The second kappa shape index (κ2) is 46.0. The highest BCUT2D eigenvalue weighted by Crippen LogP contribution is 2.43. The molecule has 24 nitrogen and oxygen atoms in total. The van der Waals surface area contributed by atoms with Crippen molar-refractivity contribution >= 4 is 105 Å². The zero-order chi connectivity index (χ0) is 93.6. The van der Waals surface area contributed by atoms with Gasteiger partial charge in [0.15, 0.2) is 40.5 Å². The van der Waals surface area contributed by atoms with Crippen LogP contribution in [-0.2, 0) is 60.8 Å². The summed E-state index contributed by atoms with van der Waals surface area (Å²) in [6, 6.07) is 42.3. The van der Waals surface area contributed by atoms with Crippen molar-refractivity contribution in [2.45, 2.75) is 155 Å². The molecule has 678 valence electrons. The molecule has 0 aromatic heterocycles. The average Bonchev–Trinajstić information content (AvgIpc) is 1.48. The number of Topliss-reactive ketones (excluding diaryl/α,β-unsaturated/α-hetero) is 7. The standard InChI is InChI=1S/C52H57ClN4O8.C52H55ClN4O8/c2*1-31(44(58)22-19-40-8-6-24-55-40)25-48(62)43-28-33-9-20-45(59)41(27-33)42-29-37(16-21-46(42)60)50(49(63)26-32(2)51(64)56-43)57(3)52(65)38(7-4-5-23-54)30-47(61)36-12-10-34(11-13-36)35-14-17-39(53)18-15-35/h6,8-18,20-21,27,29,31-32,38,43,50,59-60H,4-5,7,19,22-26,28,30,54H2,1-3H3,(H,56,64);6,8-22,27,29,31-32,38,43,50,59-60H,4-5,7,23-26,28,30,54H2,1-3H3,(H,56,64)/b;22-19+/t2*31-,32-,38-,43+,50+/m11/s1. The summed E-state index contributed by atoms with van der Waals surface area (Å²) in [6.07, 6.45) is 12.9. The lowest BCUT2D eigenvalue weighted by Gasteiger charge is -2.32. The van der Waals surface area contributed by atoms with E-state index >= 15 is 0 Å². The van der Waals surface area contributed by atoms with Crippen molar-refractivity contribution in [2.24, 2.45) is 57.0 Å². The molecule has 130 heavy (non-hydrogen) atoms. The minimum Gasteiger partial charge on any atom is -0.507 e. The van der Waals surface area contributed by atoms with Crippen LogP contribution in [0.15, 0.2) is 216 Å². The number of amides is 4. The Kier molecular flexibility index (Phi) is 34.6. The maximum Gasteiger partial charge on any atom is 0.226 e. The summed E-state index contributed by atoms with van der Waals surface area (Å²) in [5, 5.41) is 51.6. The van der Waals surface area contributed by atoms with Gasteiger partial charge in [0.2, 0.25) is 23.6 Å². The van der Waals surface area contributed by atoms with Crippen molar-refractivity contribution < 1.29 is 78.0 Å². The maximum absolute atomic E-state index is 14.7. The number of rotatable bonds is 33. The van der Waals surface area contributed by atoms with E-state index in [1.54, 1.807) is 113 Å². The molecule has 0 radical (unpaired) electrons. The zero-order valence-electron chi connectivity index (χ0n) is 73.9. The Morgan fingerprint density at radius 1 is 0.477 bits per heavy atom. The molecule has 12 rings (SSSR count). The number of likely N-dealkylation sites (N-methyl/N-ethyl adjacent to an activating group) is 2. The van der Waals surface area contributed by atoms with E-state index in [2.05, 4.69) is 20.6 Å². The monoisotopic (exact) mass is 1800 g/mol. The molecule has 4 amide bonds. The Hall–Kier alpha value is -12.7. The van der Waals surface area contributed by atoms with Crippen molar-refractivity contribution in [3.8, 4) is 67.5 Å². The number of fused-ring (bicyclic) bond motifs is 10. The Balaban J connectivity index is 0.000000251. The summed E-state index contributed by atoms with van der Waals surface area (Å²) >= 11 is 12.1. The van der Waals surface area contributed by atoms with Crippen LogP contribution in [0.2, 0.25) is 10.0 Å². The molecule has 0 saturated carbocycles. The molecule has 26 heteroatoms. The number of carbonyl (C=O) groups is 12. The summed E-state index contributed by atoms with van der Waals surface area (Å²) in [4.78, 5) is 179. The molecule has 0 spiro atoms. The summed E-state index contributed by atoms with van der Waals surface area (Å²) in [6.45, 7) is 8.35. The van der Waals surface area contributed by atoms with Gasteiger partial charge in [0.1, 0.15) is 40.9 Å². The number of halogens is 2. The van der Waals surface area contributed by atoms with E-state index < -0.39 is 101 Å². The van der Waals surface area contributed by atoms with Crippen LogP contribution < -0.4 is 22.1 Å². The molecule has 4 aliphatic heterocycles. The largest absolute Gasteiger partial charge is 0.507 e. The van der Waals surface area contributed by atoms with Crippen molar-refractivity contribution in [3.63, 3.8) is 0 Å². The number of hydrogen-bond acceptors (Lipinski definition) is 20. The van der Waals surface area contributed by atoms with Gasteiger partial charge in [0, 0.05) is 144 Å². The van der Waals surface area contributed by atoms with Crippen LogP contribution >= 0.6 is 23.2 Å². The van der Waals surface area contributed by atoms with Gasteiger partial charge in [-0.05, 0) is 200 Å². The molecule has 10 atom stereocenters. The maximum atomic E-state index is 14.7. The summed E-state index contributed by atoms with van der Waals surface area (Å²) in [5.41, 5.74) is 20.1. The third kappa shape index (κ3) is 25.9. The highest BCUT2D eigenvalue weighted by atomic mass is 35.5. The van der Waals surface area contributed by atoms with Gasteiger partial charge in [0.25, 0.3) is 0 Å². The molecule has 8 aromatic carbocycles. The first-order valence-corrected chi connectivity index (χ1v) is 44.9. The number of phenolic OH excluding ortho intramolecular Hbond substituents is 4. The molecule has 0 unspecified atom stereocenters. The van der Waals surface area contributed by atoms with Crippen LogP contribution in [0, 0.1) is 35.5 Å². The Morgan fingerprint density at radius 3 is 1.25 bits per heavy atom. The quantitative estimate of drug-likeness (QED) is 0.0108. The van der Waals surface area contributed by atoms with Gasteiger partial charge in [-0.2, -0.15) is 0 Å². The van der Waals surface area contributed by atoms with Crippen molar-refractivity contribution in [1.29, 1.82) is 0 Å². The number of aromatic hydroxyl groups is 4. The highest BCUT2D eigenvalue weighted by molar-refractivity contribution is 6.31. The van der Waals surface area contributed by atoms with Gasteiger partial charge in [-0.25, -0.2) is 0 Å². The third-order valence-electron chi connectivity index (χ3n) is 24.5. The lowest BCUT2D eigenvalue weighted by atomic mass is 9.87. The second-order valence-electron chi connectivity index (χ2n) is 34.3. The average molecular weight is 1800 g/mol. The van der Waals surface area contributed by atoms with Crippen molar-refractivity contribution in [2.75, 3.05) is 40.3 Å². The second-order valence-corrected chi connectivity index (χ2v) is 35.1. The number of nitrogens with zero attached hydrogens (tertiary/aromatic N) is 4. The van der Waals surface area contributed by atoms with Crippen LogP contribution in [0.5, 0.6) is 23.0 Å². The molecule has 8 bridgehead atoms. The number of unbranched alkanes of at least 4 members (excludes halogenated alkanes) is 2. The highest BCUT2D eigenvalue weighted by Gasteiger charge is 2.40. The molecule has 8 aromatic rings. The molecular formula is C104H112Cl2N8O16. The first-order valence-electron chi connectivity index (χ1n) is 44.2. The fourth-order valence-electron chi connectivity index (χ4n) is 16.8. The van der Waals surface area contributed by atoms with Crippen LogP contribution in [0.4, 0.5) is 0 Å². The molecule has 10 N–H and O–H groups in total. The van der Waals surface area contributed by atoms with E-state index in [-0.39, 0.29) is 132 Å². The molecule has 4 aliphatic rings. The topological polar surface area (TPSA) is 393 Å². The Labute approximate surface area is 767 Å². The number of benzene rings is 8. The minimum absolute atomic E-state index is 0.00601. The van der Waals surface area contributed by atoms with Gasteiger partial charge >= 0.3 is 0 Å². The van der Waals surface area contributed by atoms with Gasteiger partial charge in [-0.1, -0.05) is 173 Å². The van der Waals surface area contributed by atoms with Gasteiger partial charge in [-0.15, -0.1) is 0 Å². The van der Waals surface area contributed by atoms with E-state index in [4.69, 9.17) is 34.7 Å². The van der Waals surface area contributed by atoms with Gasteiger partial charge in [-0.3, -0.25) is 67.5 Å². The number of allylic oxidation sites excluding steroid dienone is 4. The summed E-state index contributed by atoms with van der Waals surface area (Å²) < 4.78 is 0. The molecular weight excluding hydrogens is 1690 g/mol. The first kappa shape index (κ1) is 97.9. The van der Waals surface area contributed by atoms with Crippen LogP contribution in [0.3, 0.4) is 0 Å². The molecule has 4 heterocycles. The Morgan fingerprint density at radius 2 is 0.862 bits per heavy atom. The number of phenols is 4. The summed E-state index contributed by atoms with van der Waals surface area (Å²) in [5.74, 6) is -10.5. The lowest BCUT2D eigenvalue weighted by Crippen LogP contribution is -2.46.